The van der Waals surface area contributed by atoms with Crippen molar-refractivity contribution in [1.29, 1.82) is 0 Å². The minimum Gasteiger partial charge on any atom is -0.508 e. The molecule has 0 radical (unpaired) electrons. The molecule has 0 aliphatic rings. The molecule has 1 rings (SSSR count). The van der Waals surface area contributed by atoms with Crippen LogP contribution in [0.5, 0.6) is 5.75 Å². The number of hydrogen-bond donors (Lipinski definition) is 3. The second kappa shape index (κ2) is 4.44. The zero-order valence-corrected chi connectivity index (χ0v) is 6.64. The molecule has 1 aromatic rings. The van der Waals surface area contributed by atoms with E-state index in [0.29, 0.717) is 0 Å². The highest BCUT2D eigenvalue weighted by molar-refractivity contribution is 5.74. The lowest BCUT2D eigenvalue weighted by Crippen LogP contribution is -2.09. The van der Waals surface area contributed by atoms with Gasteiger partial charge in [0, 0.05) is 0 Å². The summed E-state index contributed by atoms with van der Waals surface area (Å²) in [4.78, 5) is 10.3. The number of phenolic OH excluding ortho intramolecular Hbond substituents is 1. The average molecular weight is 186 g/mol. The van der Waals surface area contributed by atoms with E-state index in [0.717, 1.165) is 0 Å². The summed E-state index contributed by atoms with van der Waals surface area (Å²) in [6.07, 6.45) is -1.52. The van der Waals surface area contributed by atoms with Crippen LogP contribution in [-0.4, -0.2) is 26.8 Å². The van der Waals surface area contributed by atoms with Crippen LogP contribution in [-0.2, 0) is 4.79 Å². The fraction of sp³-hybridized carbons (Fsp3) is 0.125. The lowest BCUT2D eigenvalue weighted by Gasteiger charge is -2.04. The number of carboxylic acids is 1. The molecule has 0 aromatic heterocycles. The molecule has 5 heteroatoms. The van der Waals surface area contributed by atoms with Crippen molar-refractivity contribution >= 4 is 5.97 Å². The van der Waals surface area contributed by atoms with Crippen LogP contribution in [0, 0.1) is 0 Å². The number of benzene rings is 1. The Bertz CT molecular complexity index is 279. The predicted molar refractivity (Wildman–Crippen MR) is 44.3 cm³/mol. The first-order valence-electron chi connectivity index (χ1n) is 3.31. The van der Waals surface area contributed by atoms with Gasteiger partial charge in [-0.05, 0) is 17.7 Å². The number of phenols is 1. The van der Waals surface area contributed by atoms with Crippen LogP contribution in [0.4, 0.5) is 0 Å². The molecular formula is C8H10O5. The van der Waals surface area contributed by atoms with Crippen molar-refractivity contribution in [2.24, 2.45) is 0 Å². The van der Waals surface area contributed by atoms with Crippen molar-refractivity contribution in [2.45, 2.75) is 6.10 Å². The van der Waals surface area contributed by atoms with E-state index in [-0.39, 0.29) is 16.8 Å². The van der Waals surface area contributed by atoms with Gasteiger partial charge in [0.25, 0.3) is 0 Å². The van der Waals surface area contributed by atoms with E-state index < -0.39 is 12.1 Å². The summed E-state index contributed by atoms with van der Waals surface area (Å²) in [6, 6.07) is 5.35. The Morgan fingerprint density at radius 3 is 2.08 bits per heavy atom. The summed E-state index contributed by atoms with van der Waals surface area (Å²) in [7, 11) is 0. The number of hydrogen-bond acceptors (Lipinski definition) is 3. The van der Waals surface area contributed by atoms with Crippen molar-refractivity contribution in [3.8, 4) is 5.75 Å². The molecule has 0 saturated heterocycles. The van der Waals surface area contributed by atoms with Crippen LogP contribution >= 0.6 is 0 Å². The van der Waals surface area contributed by atoms with Gasteiger partial charge in [-0.3, -0.25) is 0 Å². The number of aromatic hydroxyl groups is 1. The van der Waals surface area contributed by atoms with E-state index in [4.69, 9.17) is 15.3 Å². The van der Waals surface area contributed by atoms with Gasteiger partial charge < -0.3 is 20.8 Å². The van der Waals surface area contributed by atoms with Crippen LogP contribution in [0.25, 0.3) is 0 Å². The summed E-state index contributed by atoms with van der Waals surface area (Å²) in [5.41, 5.74) is 0.250. The van der Waals surface area contributed by atoms with Crippen LogP contribution in [0.3, 0.4) is 0 Å². The van der Waals surface area contributed by atoms with Gasteiger partial charge in [-0.1, -0.05) is 12.1 Å². The Morgan fingerprint density at radius 1 is 1.23 bits per heavy atom. The van der Waals surface area contributed by atoms with E-state index in [2.05, 4.69) is 0 Å². The smallest absolute Gasteiger partial charge is 0.337 e. The monoisotopic (exact) mass is 186 g/mol. The summed E-state index contributed by atoms with van der Waals surface area (Å²) >= 11 is 0. The van der Waals surface area contributed by atoms with Gasteiger partial charge in [0.05, 0.1) is 0 Å². The van der Waals surface area contributed by atoms with E-state index in [1.54, 1.807) is 0 Å². The largest absolute Gasteiger partial charge is 0.508 e. The maximum atomic E-state index is 10.3. The molecule has 1 atom stereocenters. The molecule has 0 heterocycles. The predicted octanol–water partition coefficient (Wildman–Crippen LogP) is -0.315. The van der Waals surface area contributed by atoms with Crippen molar-refractivity contribution in [1.82, 2.24) is 0 Å². The van der Waals surface area contributed by atoms with Crippen molar-refractivity contribution < 1.29 is 25.6 Å². The maximum Gasteiger partial charge on any atom is 0.337 e. The van der Waals surface area contributed by atoms with Crippen LogP contribution < -0.4 is 0 Å². The first kappa shape index (κ1) is 11.4. The molecule has 0 spiro atoms. The van der Waals surface area contributed by atoms with Gasteiger partial charge in [-0.2, -0.15) is 0 Å². The van der Waals surface area contributed by atoms with Gasteiger partial charge in [0.1, 0.15) is 5.75 Å². The number of aliphatic hydroxyl groups excluding tert-OH is 1. The Balaban J connectivity index is 0.00000144. The Labute approximate surface area is 74.2 Å². The topological polar surface area (TPSA) is 109 Å². The molecule has 1 unspecified atom stereocenters. The molecular weight excluding hydrogens is 176 g/mol. The quantitative estimate of drug-likeness (QED) is 0.588. The summed E-state index contributed by atoms with van der Waals surface area (Å²) < 4.78 is 0. The van der Waals surface area contributed by atoms with E-state index in [9.17, 15) is 4.79 Å². The van der Waals surface area contributed by atoms with E-state index >= 15 is 0 Å². The SMILES string of the molecule is O.O=C(O)C(O)c1ccc(O)cc1. The highest BCUT2D eigenvalue weighted by Gasteiger charge is 2.14. The third-order valence-electron chi connectivity index (χ3n) is 1.44. The Hall–Kier alpha value is -1.59. The van der Waals surface area contributed by atoms with Crippen molar-refractivity contribution in [3.63, 3.8) is 0 Å². The first-order valence-corrected chi connectivity index (χ1v) is 3.31. The molecule has 0 aliphatic heterocycles. The molecule has 0 saturated carbocycles. The second-order valence-electron chi connectivity index (χ2n) is 2.33. The molecule has 5 nitrogen and oxygen atoms in total. The van der Waals surface area contributed by atoms with Crippen LogP contribution in [0.15, 0.2) is 24.3 Å². The molecule has 0 aliphatic carbocycles. The maximum absolute atomic E-state index is 10.3. The third kappa shape index (κ3) is 2.73. The number of rotatable bonds is 2. The number of carbonyl (C=O) groups is 1. The normalized spacial score (nSPS) is 11.5. The molecule has 0 bridgehead atoms. The van der Waals surface area contributed by atoms with E-state index in [1.165, 1.54) is 24.3 Å². The highest BCUT2D eigenvalue weighted by Crippen LogP contribution is 2.16. The standard InChI is InChI=1S/C8H8O4.H2O/c9-6-3-1-5(2-4-6)7(10)8(11)12;/h1-4,7,9-10H,(H,11,12);1H2. The fourth-order valence-corrected chi connectivity index (χ4v) is 0.799. The first-order chi connectivity index (χ1) is 5.61. The van der Waals surface area contributed by atoms with Gasteiger partial charge in [0.15, 0.2) is 6.10 Å². The van der Waals surface area contributed by atoms with Gasteiger partial charge in [0.2, 0.25) is 0 Å². The fourth-order valence-electron chi connectivity index (χ4n) is 0.799. The third-order valence-corrected chi connectivity index (χ3v) is 1.44. The van der Waals surface area contributed by atoms with Crippen molar-refractivity contribution in [2.75, 3.05) is 0 Å². The Morgan fingerprint density at radius 2 is 1.69 bits per heavy atom. The molecule has 13 heavy (non-hydrogen) atoms. The lowest BCUT2D eigenvalue weighted by atomic mass is 10.1. The molecule has 1 aromatic carbocycles. The summed E-state index contributed by atoms with van der Waals surface area (Å²) in [6.45, 7) is 0. The zero-order valence-electron chi connectivity index (χ0n) is 6.64. The number of aliphatic hydroxyl groups is 1. The Kier molecular flexibility index (Phi) is 3.90. The molecule has 0 fully saturated rings. The number of aliphatic carboxylic acids is 1. The number of carboxylic acid groups (broad SMARTS) is 1. The van der Waals surface area contributed by atoms with Gasteiger partial charge in [-0.25, -0.2) is 4.79 Å². The highest BCUT2D eigenvalue weighted by atomic mass is 16.4. The van der Waals surface area contributed by atoms with Gasteiger partial charge in [-0.15, -0.1) is 0 Å². The summed E-state index contributed by atoms with van der Waals surface area (Å²) in [5, 5.41) is 26.2. The minimum absolute atomic E-state index is 0. The zero-order chi connectivity index (χ0) is 9.14. The van der Waals surface area contributed by atoms with Gasteiger partial charge >= 0.3 is 5.97 Å². The molecule has 5 N–H and O–H groups in total. The van der Waals surface area contributed by atoms with Crippen LogP contribution in [0.1, 0.15) is 11.7 Å². The molecule has 0 amide bonds. The molecule has 72 valence electrons. The second-order valence-corrected chi connectivity index (χ2v) is 2.33. The van der Waals surface area contributed by atoms with E-state index in [1.807, 2.05) is 0 Å². The van der Waals surface area contributed by atoms with Crippen molar-refractivity contribution in [3.05, 3.63) is 29.8 Å². The van der Waals surface area contributed by atoms with Crippen LogP contribution in [0.2, 0.25) is 0 Å². The summed E-state index contributed by atoms with van der Waals surface area (Å²) in [5.74, 6) is -1.27. The average Bonchev–Trinajstić information content (AvgIpc) is 2.04. The lowest BCUT2D eigenvalue weighted by molar-refractivity contribution is -0.146. The minimum atomic E-state index is -1.52.